The maximum Gasteiger partial charge on any atom is 0.255 e. The van der Waals surface area contributed by atoms with E-state index in [2.05, 4.69) is 10.2 Å². The minimum Gasteiger partial charge on any atom is -0.497 e. The summed E-state index contributed by atoms with van der Waals surface area (Å²) in [5, 5.41) is 2.92. The fourth-order valence-corrected chi connectivity index (χ4v) is 3.09. The van der Waals surface area contributed by atoms with E-state index in [0.717, 1.165) is 37.3 Å². The molecule has 2 aromatic rings. The molecule has 0 spiro atoms. The van der Waals surface area contributed by atoms with Gasteiger partial charge in [0.05, 0.1) is 13.2 Å². The summed E-state index contributed by atoms with van der Waals surface area (Å²) >= 11 is 0. The highest BCUT2D eigenvalue weighted by atomic mass is 16.5. The number of rotatable bonds is 5. The quantitative estimate of drug-likeness (QED) is 0.904. The van der Waals surface area contributed by atoms with Crippen molar-refractivity contribution in [2.45, 2.75) is 18.9 Å². The van der Waals surface area contributed by atoms with Crippen LogP contribution in [0.2, 0.25) is 0 Å². The first-order chi connectivity index (χ1) is 12.2. The average molecular weight is 340 g/mol. The van der Waals surface area contributed by atoms with E-state index in [-0.39, 0.29) is 5.91 Å². The number of carbonyl (C=O) groups excluding carboxylic acids is 1. The number of nitrogens with one attached hydrogen (secondary N) is 1. The van der Waals surface area contributed by atoms with Crippen LogP contribution in [0.4, 0.5) is 11.4 Å². The Kier molecular flexibility index (Phi) is 5.56. The van der Waals surface area contributed by atoms with Crippen LogP contribution in [-0.2, 0) is 4.74 Å². The molecule has 5 heteroatoms. The third kappa shape index (κ3) is 4.31. The molecule has 1 heterocycles. The Morgan fingerprint density at radius 3 is 2.68 bits per heavy atom. The molecule has 1 aliphatic heterocycles. The summed E-state index contributed by atoms with van der Waals surface area (Å²) in [6, 6.07) is 15.1. The number of methoxy groups -OCH3 is 2. The van der Waals surface area contributed by atoms with E-state index < -0.39 is 0 Å². The summed E-state index contributed by atoms with van der Waals surface area (Å²) in [6.07, 6.45) is 2.54. The number of hydrogen-bond acceptors (Lipinski definition) is 4. The largest absolute Gasteiger partial charge is 0.497 e. The van der Waals surface area contributed by atoms with Crippen molar-refractivity contribution in [1.29, 1.82) is 0 Å². The van der Waals surface area contributed by atoms with Crippen molar-refractivity contribution in [3.05, 3.63) is 54.1 Å². The highest BCUT2D eigenvalue weighted by Crippen LogP contribution is 2.23. The van der Waals surface area contributed by atoms with Crippen LogP contribution in [-0.4, -0.2) is 39.3 Å². The topological polar surface area (TPSA) is 50.8 Å². The highest BCUT2D eigenvalue weighted by molar-refractivity contribution is 6.04. The van der Waals surface area contributed by atoms with Crippen LogP contribution in [0.1, 0.15) is 23.2 Å². The Morgan fingerprint density at radius 1 is 1.16 bits per heavy atom. The Labute approximate surface area is 148 Å². The number of amides is 1. The molecule has 0 radical (unpaired) electrons. The zero-order chi connectivity index (χ0) is 17.6. The Bertz CT molecular complexity index is 715. The molecule has 2 aromatic carbocycles. The van der Waals surface area contributed by atoms with Gasteiger partial charge in [-0.1, -0.05) is 6.07 Å². The Hall–Kier alpha value is -2.53. The van der Waals surface area contributed by atoms with Gasteiger partial charge < -0.3 is 19.7 Å². The second-order valence-corrected chi connectivity index (χ2v) is 6.18. The van der Waals surface area contributed by atoms with E-state index in [9.17, 15) is 4.79 Å². The lowest BCUT2D eigenvalue weighted by Crippen LogP contribution is -2.39. The van der Waals surface area contributed by atoms with E-state index in [1.807, 2.05) is 30.3 Å². The van der Waals surface area contributed by atoms with Crippen molar-refractivity contribution >= 4 is 17.3 Å². The lowest BCUT2D eigenvalue weighted by atomic mass is 10.1. The van der Waals surface area contributed by atoms with Crippen LogP contribution >= 0.6 is 0 Å². The number of carbonyl (C=O) groups is 1. The first kappa shape index (κ1) is 17.3. The summed E-state index contributed by atoms with van der Waals surface area (Å²) in [5.41, 5.74) is 2.50. The summed E-state index contributed by atoms with van der Waals surface area (Å²) in [4.78, 5) is 14.7. The van der Waals surface area contributed by atoms with Crippen LogP contribution in [0.3, 0.4) is 0 Å². The molecular weight excluding hydrogens is 316 g/mol. The summed E-state index contributed by atoms with van der Waals surface area (Å²) in [5.74, 6) is 0.518. The van der Waals surface area contributed by atoms with Gasteiger partial charge in [0, 0.05) is 37.1 Å². The standard InChI is InChI=1S/C20H24N2O3/c1-24-18-6-3-5-15(13-18)20(23)21-16-8-10-17(11-9-16)22-12-4-7-19(14-22)25-2/h3,5-6,8-11,13,19H,4,7,12,14H2,1-2H3,(H,21,23)/t19-/m0/s1. The van der Waals surface area contributed by atoms with Gasteiger partial charge in [-0.05, 0) is 55.3 Å². The smallest absolute Gasteiger partial charge is 0.255 e. The second kappa shape index (κ2) is 8.03. The molecular formula is C20H24N2O3. The maximum absolute atomic E-state index is 12.4. The summed E-state index contributed by atoms with van der Waals surface area (Å²) in [6.45, 7) is 1.95. The van der Waals surface area contributed by atoms with Gasteiger partial charge in [0.1, 0.15) is 5.75 Å². The third-order valence-corrected chi connectivity index (χ3v) is 4.53. The van der Waals surface area contributed by atoms with Crippen molar-refractivity contribution < 1.29 is 14.3 Å². The Balaban J connectivity index is 1.65. The molecule has 1 aliphatic rings. The predicted molar refractivity (Wildman–Crippen MR) is 99.6 cm³/mol. The van der Waals surface area contributed by atoms with E-state index in [1.165, 1.54) is 0 Å². The van der Waals surface area contributed by atoms with Crippen molar-refractivity contribution in [3.63, 3.8) is 0 Å². The Morgan fingerprint density at radius 2 is 1.96 bits per heavy atom. The van der Waals surface area contributed by atoms with E-state index >= 15 is 0 Å². The van der Waals surface area contributed by atoms with Crippen LogP contribution in [0.25, 0.3) is 0 Å². The van der Waals surface area contributed by atoms with Gasteiger partial charge in [-0.2, -0.15) is 0 Å². The van der Waals surface area contributed by atoms with Gasteiger partial charge in [0.25, 0.3) is 5.91 Å². The van der Waals surface area contributed by atoms with Gasteiger partial charge in [-0.25, -0.2) is 0 Å². The third-order valence-electron chi connectivity index (χ3n) is 4.53. The van der Waals surface area contributed by atoms with Crippen molar-refractivity contribution in [1.82, 2.24) is 0 Å². The first-order valence-electron chi connectivity index (χ1n) is 8.53. The lowest BCUT2D eigenvalue weighted by Gasteiger charge is -2.33. The molecule has 1 saturated heterocycles. The van der Waals surface area contributed by atoms with Crippen LogP contribution < -0.4 is 15.0 Å². The fourth-order valence-electron chi connectivity index (χ4n) is 3.09. The van der Waals surface area contributed by atoms with E-state index in [4.69, 9.17) is 9.47 Å². The zero-order valence-electron chi connectivity index (χ0n) is 14.7. The SMILES string of the molecule is COc1cccc(C(=O)Nc2ccc(N3CCC[C@H](OC)C3)cc2)c1. The molecule has 0 aromatic heterocycles. The molecule has 0 saturated carbocycles. The minimum atomic E-state index is -0.149. The molecule has 132 valence electrons. The average Bonchev–Trinajstić information content (AvgIpc) is 2.68. The fraction of sp³-hybridized carbons (Fsp3) is 0.350. The van der Waals surface area contributed by atoms with Crippen molar-refractivity contribution in [2.24, 2.45) is 0 Å². The summed E-state index contributed by atoms with van der Waals surface area (Å²) in [7, 11) is 3.36. The molecule has 1 N–H and O–H groups in total. The lowest BCUT2D eigenvalue weighted by molar-refractivity contribution is 0.0893. The summed E-state index contributed by atoms with van der Waals surface area (Å²) < 4.78 is 10.6. The van der Waals surface area contributed by atoms with Gasteiger partial charge in [-0.15, -0.1) is 0 Å². The first-order valence-corrected chi connectivity index (χ1v) is 8.53. The van der Waals surface area contributed by atoms with Gasteiger partial charge in [-0.3, -0.25) is 4.79 Å². The molecule has 25 heavy (non-hydrogen) atoms. The molecule has 0 bridgehead atoms. The second-order valence-electron chi connectivity index (χ2n) is 6.18. The monoisotopic (exact) mass is 340 g/mol. The van der Waals surface area contributed by atoms with Gasteiger partial charge >= 0.3 is 0 Å². The molecule has 0 aliphatic carbocycles. The number of benzene rings is 2. The maximum atomic E-state index is 12.4. The molecule has 1 amide bonds. The van der Waals surface area contributed by atoms with E-state index in [0.29, 0.717) is 17.4 Å². The van der Waals surface area contributed by atoms with Gasteiger partial charge in [0.2, 0.25) is 0 Å². The van der Waals surface area contributed by atoms with Crippen molar-refractivity contribution in [3.8, 4) is 5.75 Å². The minimum absolute atomic E-state index is 0.149. The van der Waals surface area contributed by atoms with Crippen LogP contribution in [0, 0.1) is 0 Å². The van der Waals surface area contributed by atoms with Crippen LogP contribution in [0.15, 0.2) is 48.5 Å². The number of hydrogen-bond donors (Lipinski definition) is 1. The van der Waals surface area contributed by atoms with Crippen LogP contribution in [0.5, 0.6) is 5.75 Å². The molecule has 3 rings (SSSR count). The van der Waals surface area contributed by atoms with Crippen molar-refractivity contribution in [2.75, 3.05) is 37.5 Å². The van der Waals surface area contributed by atoms with E-state index in [1.54, 1.807) is 32.4 Å². The molecule has 1 fully saturated rings. The predicted octanol–water partition coefficient (Wildman–Crippen LogP) is 3.56. The highest BCUT2D eigenvalue weighted by Gasteiger charge is 2.19. The number of anilines is 2. The number of nitrogens with zero attached hydrogens (tertiary/aromatic N) is 1. The van der Waals surface area contributed by atoms with Gasteiger partial charge in [0.15, 0.2) is 0 Å². The number of piperidine rings is 1. The molecule has 5 nitrogen and oxygen atoms in total. The molecule has 0 unspecified atom stereocenters. The molecule has 1 atom stereocenters. The number of ether oxygens (including phenoxy) is 2. The normalized spacial score (nSPS) is 17.2. The zero-order valence-corrected chi connectivity index (χ0v) is 14.7.